The summed E-state index contributed by atoms with van der Waals surface area (Å²) >= 11 is 0.986. The van der Waals surface area contributed by atoms with Crippen LogP contribution in [0.25, 0.3) is 11.3 Å². The summed E-state index contributed by atoms with van der Waals surface area (Å²) in [4.78, 5) is 23.8. The fraction of sp³-hybridized carbons (Fsp3) is 0.238. The van der Waals surface area contributed by atoms with Gasteiger partial charge in [-0.1, -0.05) is 11.8 Å². The van der Waals surface area contributed by atoms with Crippen molar-refractivity contribution in [1.82, 2.24) is 20.3 Å². The number of pyridine rings is 1. The molecular weight excluding hydrogens is 445 g/mol. The Morgan fingerprint density at radius 2 is 1.84 bits per heavy atom. The van der Waals surface area contributed by atoms with Gasteiger partial charge in [0.15, 0.2) is 16.7 Å². The average molecular weight is 462 g/mol. The van der Waals surface area contributed by atoms with Crippen LogP contribution in [0.4, 0.5) is 13.2 Å². The number of thioether (sulfide) groups is 1. The van der Waals surface area contributed by atoms with E-state index in [9.17, 15) is 18.0 Å². The Bertz CT molecular complexity index is 1110. The van der Waals surface area contributed by atoms with E-state index in [0.717, 1.165) is 23.4 Å². The molecule has 11 heteroatoms. The predicted molar refractivity (Wildman–Crippen MR) is 110 cm³/mol. The highest BCUT2D eigenvalue weighted by atomic mass is 32.2. The van der Waals surface area contributed by atoms with E-state index in [0.29, 0.717) is 23.6 Å². The molecule has 0 spiro atoms. The summed E-state index contributed by atoms with van der Waals surface area (Å²) in [6, 6.07) is 9.26. The van der Waals surface area contributed by atoms with Crippen LogP contribution in [-0.2, 0) is 17.5 Å². The number of alkyl halides is 3. The van der Waals surface area contributed by atoms with Gasteiger partial charge in [-0.25, -0.2) is 9.97 Å². The van der Waals surface area contributed by atoms with Gasteiger partial charge in [0, 0.05) is 36.7 Å². The minimum Gasteiger partial charge on any atom is -0.454 e. The molecule has 1 aliphatic heterocycles. The lowest BCUT2D eigenvalue weighted by Gasteiger charge is -2.11. The van der Waals surface area contributed by atoms with Gasteiger partial charge in [-0.05, 0) is 42.0 Å². The van der Waals surface area contributed by atoms with Crippen LogP contribution < -0.4 is 14.8 Å². The number of fused-ring (bicyclic) bond motifs is 1. The SMILES string of the molecule is O=C(CCSc1nc(-c2ccc3c(c2)OCO3)cc(C(F)(F)F)n1)NCc1ccncc1. The van der Waals surface area contributed by atoms with Crippen molar-refractivity contribution < 1.29 is 27.4 Å². The number of nitrogens with one attached hydrogen (secondary N) is 1. The lowest BCUT2D eigenvalue weighted by atomic mass is 10.1. The van der Waals surface area contributed by atoms with Crippen LogP contribution in [0.15, 0.2) is 53.9 Å². The van der Waals surface area contributed by atoms with Gasteiger partial charge >= 0.3 is 6.18 Å². The number of benzene rings is 1. The van der Waals surface area contributed by atoms with Gasteiger partial charge in [0.2, 0.25) is 12.7 Å². The van der Waals surface area contributed by atoms with Crippen LogP contribution in [0.5, 0.6) is 11.5 Å². The fourth-order valence-electron chi connectivity index (χ4n) is 2.86. The maximum Gasteiger partial charge on any atom is 0.433 e. The Morgan fingerprint density at radius 1 is 1.06 bits per heavy atom. The third-order valence-electron chi connectivity index (χ3n) is 4.46. The molecule has 0 aliphatic carbocycles. The second-order valence-electron chi connectivity index (χ2n) is 6.72. The predicted octanol–water partition coefficient (Wildman–Crippen LogP) is 4.08. The largest absolute Gasteiger partial charge is 0.454 e. The number of aromatic nitrogens is 3. The van der Waals surface area contributed by atoms with Crippen molar-refractivity contribution in [3.8, 4) is 22.8 Å². The zero-order valence-corrected chi connectivity index (χ0v) is 17.4. The van der Waals surface area contributed by atoms with Crippen LogP contribution in [-0.4, -0.2) is 33.4 Å². The Kier molecular flexibility index (Phi) is 6.45. The number of ether oxygens (including phenoxy) is 2. The first kappa shape index (κ1) is 21.9. The summed E-state index contributed by atoms with van der Waals surface area (Å²) < 4.78 is 50.7. The summed E-state index contributed by atoms with van der Waals surface area (Å²) in [6.45, 7) is 0.404. The molecule has 32 heavy (non-hydrogen) atoms. The summed E-state index contributed by atoms with van der Waals surface area (Å²) in [5.74, 6) is 0.961. The molecule has 0 saturated heterocycles. The van der Waals surface area contributed by atoms with E-state index < -0.39 is 11.9 Å². The third kappa shape index (κ3) is 5.47. The van der Waals surface area contributed by atoms with Crippen molar-refractivity contribution in [3.63, 3.8) is 0 Å². The van der Waals surface area contributed by atoms with Gasteiger partial charge in [-0.15, -0.1) is 0 Å². The molecular formula is C21H17F3N4O3S. The van der Waals surface area contributed by atoms with Gasteiger partial charge in [0.25, 0.3) is 0 Å². The Hall–Kier alpha value is -3.34. The van der Waals surface area contributed by atoms with E-state index in [1.807, 2.05) is 0 Å². The van der Waals surface area contributed by atoms with E-state index >= 15 is 0 Å². The van der Waals surface area contributed by atoms with Crippen molar-refractivity contribution in [2.75, 3.05) is 12.5 Å². The smallest absolute Gasteiger partial charge is 0.433 e. The van der Waals surface area contributed by atoms with E-state index in [2.05, 4.69) is 20.3 Å². The lowest BCUT2D eigenvalue weighted by Crippen LogP contribution is -2.23. The maximum atomic E-state index is 13.4. The molecule has 0 fully saturated rings. The molecule has 166 valence electrons. The van der Waals surface area contributed by atoms with E-state index in [-0.39, 0.29) is 35.7 Å². The number of carbonyl (C=O) groups is 1. The van der Waals surface area contributed by atoms with E-state index in [1.165, 1.54) is 0 Å². The molecule has 0 radical (unpaired) electrons. The van der Waals surface area contributed by atoms with Crippen LogP contribution in [0.3, 0.4) is 0 Å². The summed E-state index contributed by atoms with van der Waals surface area (Å²) in [6.07, 6.45) is -1.28. The molecule has 0 bridgehead atoms. The zero-order valence-electron chi connectivity index (χ0n) is 16.6. The number of carbonyl (C=O) groups excluding carboxylic acids is 1. The van der Waals surface area contributed by atoms with Gasteiger partial charge in [0.05, 0.1) is 5.69 Å². The first-order chi connectivity index (χ1) is 15.4. The van der Waals surface area contributed by atoms with Crippen molar-refractivity contribution in [3.05, 3.63) is 60.0 Å². The van der Waals surface area contributed by atoms with Crippen molar-refractivity contribution >= 4 is 17.7 Å². The topological polar surface area (TPSA) is 86.2 Å². The molecule has 1 N–H and O–H groups in total. The molecule has 1 aliphatic rings. The molecule has 2 aromatic heterocycles. The maximum absolute atomic E-state index is 13.4. The Labute approximate surface area is 185 Å². The van der Waals surface area contributed by atoms with Crippen LogP contribution >= 0.6 is 11.8 Å². The molecule has 1 aromatic carbocycles. The van der Waals surface area contributed by atoms with Crippen molar-refractivity contribution in [1.29, 1.82) is 0 Å². The molecule has 1 amide bonds. The molecule has 4 rings (SSSR count). The Morgan fingerprint density at radius 3 is 2.62 bits per heavy atom. The van der Waals surface area contributed by atoms with Crippen LogP contribution in [0, 0.1) is 0 Å². The molecule has 0 unspecified atom stereocenters. The van der Waals surface area contributed by atoms with Crippen molar-refractivity contribution in [2.45, 2.75) is 24.3 Å². The second-order valence-corrected chi connectivity index (χ2v) is 7.78. The van der Waals surface area contributed by atoms with Gasteiger partial charge in [0.1, 0.15) is 5.69 Å². The van der Waals surface area contributed by atoms with Gasteiger partial charge < -0.3 is 14.8 Å². The molecule has 0 saturated carbocycles. The molecule has 3 heterocycles. The standard InChI is InChI=1S/C21H17F3N4O3S/c22-21(23,24)18-10-15(14-1-2-16-17(9-14)31-12-30-16)27-20(28-18)32-8-5-19(29)26-11-13-3-6-25-7-4-13/h1-4,6-7,9-10H,5,8,11-12H2,(H,26,29). The quantitative estimate of drug-likeness (QED) is 0.418. The molecule has 3 aromatic rings. The number of amides is 1. The molecule has 7 nitrogen and oxygen atoms in total. The fourth-order valence-corrected chi connectivity index (χ4v) is 3.66. The first-order valence-corrected chi connectivity index (χ1v) is 10.5. The highest BCUT2D eigenvalue weighted by molar-refractivity contribution is 7.99. The number of halogens is 3. The minimum atomic E-state index is -4.63. The zero-order chi connectivity index (χ0) is 22.6. The summed E-state index contributed by atoms with van der Waals surface area (Å²) in [5, 5.41) is 2.69. The van der Waals surface area contributed by atoms with Crippen LogP contribution in [0.1, 0.15) is 17.7 Å². The third-order valence-corrected chi connectivity index (χ3v) is 5.31. The minimum absolute atomic E-state index is 0.0562. The Balaban J connectivity index is 1.43. The first-order valence-electron chi connectivity index (χ1n) is 9.53. The van der Waals surface area contributed by atoms with Gasteiger partial charge in [-0.2, -0.15) is 13.2 Å². The highest BCUT2D eigenvalue weighted by Gasteiger charge is 2.34. The number of hydrogen-bond donors (Lipinski definition) is 1. The number of nitrogens with zero attached hydrogens (tertiary/aromatic N) is 3. The number of rotatable bonds is 7. The highest BCUT2D eigenvalue weighted by Crippen LogP contribution is 2.37. The second kappa shape index (κ2) is 9.43. The van der Waals surface area contributed by atoms with E-state index in [1.54, 1.807) is 42.7 Å². The van der Waals surface area contributed by atoms with E-state index in [4.69, 9.17) is 9.47 Å². The number of hydrogen-bond acceptors (Lipinski definition) is 7. The average Bonchev–Trinajstić information content (AvgIpc) is 3.25. The lowest BCUT2D eigenvalue weighted by molar-refractivity contribution is -0.141. The summed E-state index contributed by atoms with van der Waals surface area (Å²) in [5.41, 5.74) is 0.398. The van der Waals surface area contributed by atoms with Gasteiger partial charge in [-0.3, -0.25) is 9.78 Å². The normalized spacial score (nSPS) is 12.6. The van der Waals surface area contributed by atoms with Crippen molar-refractivity contribution in [2.24, 2.45) is 0 Å². The monoisotopic (exact) mass is 462 g/mol. The summed E-state index contributed by atoms with van der Waals surface area (Å²) in [7, 11) is 0. The van der Waals surface area contributed by atoms with Crippen LogP contribution in [0.2, 0.25) is 0 Å². The molecule has 0 atom stereocenters.